The maximum absolute atomic E-state index is 11.6. The lowest BCUT2D eigenvalue weighted by molar-refractivity contribution is 0.0592. The van der Waals surface area contributed by atoms with E-state index >= 15 is 0 Å². The molecular formula is C55H38O8. The molecular weight excluding hydrogens is 789 g/mol. The van der Waals surface area contributed by atoms with E-state index < -0.39 is 5.97 Å². The number of ether oxygens (including phenoxy) is 3. The van der Waals surface area contributed by atoms with Crippen LogP contribution in [0.4, 0.5) is 0 Å². The zero-order valence-electron chi connectivity index (χ0n) is 34.5. The minimum Gasteiger partial charge on any atom is -0.478 e. The van der Waals surface area contributed by atoms with Crippen molar-refractivity contribution in [2.75, 3.05) is 21.3 Å². The van der Waals surface area contributed by atoms with Crippen LogP contribution in [0.3, 0.4) is 0 Å². The summed E-state index contributed by atoms with van der Waals surface area (Å²) in [6.07, 6.45) is 16.1. The first kappa shape index (κ1) is 40.1. The van der Waals surface area contributed by atoms with Gasteiger partial charge in [-0.2, -0.15) is 0 Å². The number of carbonyl (C=O) groups excluding carboxylic acids is 3. The van der Waals surface area contributed by atoms with Crippen LogP contribution in [0.2, 0.25) is 0 Å². The summed E-state index contributed by atoms with van der Waals surface area (Å²) in [5.41, 5.74) is 11.0. The molecule has 8 aromatic rings. The molecule has 0 radical (unpaired) electrons. The van der Waals surface area contributed by atoms with Crippen molar-refractivity contribution >= 4 is 116 Å². The maximum atomic E-state index is 11.6. The fraction of sp³-hybridized carbons (Fsp3) is 0.0545. The van der Waals surface area contributed by atoms with E-state index in [2.05, 4.69) is 42.5 Å². The molecule has 0 saturated carbocycles. The Morgan fingerprint density at radius 2 is 0.825 bits per heavy atom. The lowest BCUT2D eigenvalue weighted by Crippen LogP contribution is -2.03. The van der Waals surface area contributed by atoms with Crippen LogP contribution in [0, 0.1) is 0 Å². The van der Waals surface area contributed by atoms with Gasteiger partial charge in [0.25, 0.3) is 0 Å². The molecule has 0 bridgehead atoms. The monoisotopic (exact) mass is 826 g/mol. The number of methoxy groups -OCH3 is 3. The highest BCUT2D eigenvalue weighted by Gasteiger charge is 2.19. The predicted molar refractivity (Wildman–Crippen MR) is 252 cm³/mol. The molecule has 4 aliphatic carbocycles. The number of hydrogen-bond donors (Lipinski definition) is 1. The molecule has 8 aromatic carbocycles. The van der Waals surface area contributed by atoms with E-state index in [1.54, 1.807) is 6.07 Å². The molecule has 0 fully saturated rings. The molecule has 8 nitrogen and oxygen atoms in total. The standard InChI is InChI=1S/3C14H10O2.C13H8O2/c1-16-14(15)12-8-6-10-4-2-3-9-5-7-11(12)13(9)10;1-16-14(15)12-7-10-4-2-3-9-5-6-11(8-12)13(9)10;1-16-14(15)12-8-7-10-6-5-9-3-2-4-11(12)13(9)10;14-13(15)11-7-5-9-3-1-2-8-4-6-10(11)12(8)9/h3*2-8H,1H3;1-7H,(H,14,15). The summed E-state index contributed by atoms with van der Waals surface area (Å²) in [7, 11) is 4.21. The first-order chi connectivity index (χ1) is 30.7. The van der Waals surface area contributed by atoms with Gasteiger partial charge in [0.1, 0.15) is 0 Å². The average Bonchev–Trinajstić information content (AvgIpc) is 4.15. The van der Waals surface area contributed by atoms with Crippen LogP contribution in [0.25, 0.3) is 91.7 Å². The molecule has 0 aromatic heterocycles. The highest BCUT2D eigenvalue weighted by atomic mass is 16.5. The molecule has 0 heterocycles. The van der Waals surface area contributed by atoms with Gasteiger partial charge in [-0.15, -0.1) is 0 Å². The molecule has 0 saturated heterocycles. The van der Waals surface area contributed by atoms with Crippen molar-refractivity contribution < 1.29 is 38.5 Å². The van der Waals surface area contributed by atoms with Crippen molar-refractivity contribution in [3.8, 4) is 0 Å². The molecule has 0 amide bonds. The fourth-order valence-electron chi connectivity index (χ4n) is 8.70. The van der Waals surface area contributed by atoms with Crippen molar-refractivity contribution in [2.24, 2.45) is 0 Å². The largest absolute Gasteiger partial charge is 0.478 e. The number of aromatic carboxylic acids is 1. The van der Waals surface area contributed by atoms with Gasteiger partial charge in [0, 0.05) is 0 Å². The summed E-state index contributed by atoms with van der Waals surface area (Å²) in [5.74, 6) is -1.72. The van der Waals surface area contributed by atoms with Crippen LogP contribution in [0.1, 0.15) is 85.9 Å². The van der Waals surface area contributed by atoms with E-state index in [1.165, 1.54) is 49.0 Å². The quantitative estimate of drug-likeness (QED) is 0.138. The van der Waals surface area contributed by atoms with E-state index in [0.29, 0.717) is 22.3 Å². The third-order valence-corrected chi connectivity index (χ3v) is 11.6. The fourth-order valence-corrected chi connectivity index (χ4v) is 8.70. The van der Waals surface area contributed by atoms with Gasteiger partial charge >= 0.3 is 23.9 Å². The van der Waals surface area contributed by atoms with Gasteiger partial charge in [0.05, 0.1) is 43.6 Å². The molecule has 0 spiro atoms. The van der Waals surface area contributed by atoms with Gasteiger partial charge in [-0.05, 0) is 118 Å². The van der Waals surface area contributed by atoms with Crippen molar-refractivity contribution in [1.82, 2.24) is 0 Å². The number of carboxylic acid groups (broad SMARTS) is 1. The summed E-state index contributed by atoms with van der Waals surface area (Å²) in [6, 6.07) is 39.0. The van der Waals surface area contributed by atoms with E-state index in [-0.39, 0.29) is 17.9 Å². The third-order valence-electron chi connectivity index (χ3n) is 11.6. The molecule has 0 unspecified atom stereocenters. The van der Waals surface area contributed by atoms with E-state index in [4.69, 9.17) is 19.3 Å². The van der Waals surface area contributed by atoms with Gasteiger partial charge in [0.2, 0.25) is 0 Å². The van der Waals surface area contributed by atoms with Crippen molar-refractivity contribution in [2.45, 2.75) is 0 Å². The molecule has 4 aliphatic rings. The van der Waals surface area contributed by atoms with Crippen molar-refractivity contribution in [1.29, 1.82) is 0 Å². The van der Waals surface area contributed by atoms with Crippen LogP contribution in [0.5, 0.6) is 0 Å². The summed E-state index contributed by atoms with van der Waals surface area (Å²) >= 11 is 0. The molecule has 1 N–H and O–H groups in total. The van der Waals surface area contributed by atoms with Crippen LogP contribution >= 0.6 is 0 Å². The van der Waals surface area contributed by atoms with Crippen LogP contribution < -0.4 is 0 Å². The maximum Gasteiger partial charge on any atom is 0.338 e. The Morgan fingerprint density at radius 1 is 0.381 bits per heavy atom. The third kappa shape index (κ3) is 7.23. The summed E-state index contributed by atoms with van der Waals surface area (Å²) in [4.78, 5) is 45.7. The number of hydrogen-bond acceptors (Lipinski definition) is 7. The SMILES string of the molecule is COC(=O)c1cc2c3c(cccc3c1)C=C2.COC(=O)c1ccc2c3c(cccc13)C=C2.COC(=O)c1ccc2cccc3c2c1C=C3.O=C(O)c1ccc2cccc3c2c1C=C3. The topological polar surface area (TPSA) is 116 Å². The zero-order valence-corrected chi connectivity index (χ0v) is 34.5. The Kier molecular flexibility index (Phi) is 10.6. The van der Waals surface area contributed by atoms with Crippen molar-refractivity contribution in [3.05, 3.63) is 188 Å². The minimum atomic E-state index is -0.867. The first-order valence-corrected chi connectivity index (χ1v) is 20.1. The second kappa shape index (κ2) is 16.6. The summed E-state index contributed by atoms with van der Waals surface area (Å²) in [5, 5.41) is 17.9. The highest BCUT2D eigenvalue weighted by molar-refractivity contribution is 6.14. The Balaban J connectivity index is 0.000000107. The predicted octanol–water partition coefficient (Wildman–Crippen LogP) is 12.4. The second-order valence-corrected chi connectivity index (χ2v) is 15.0. The molecule has 0 aliphatic heterocycles. The number of rotatable bonds is 4. The lowest BCUT2D eigenvalue weighted by atomic mass is 9.99. The van der Waals surface area contributed by atoms with Crippen LogP contribution in [-0.2, 0) is 14.2 Å². The summed E-state index contributed by atoms with van der Waals surface area (Å²) in [6.45, 7) is 0. The van der Waals surface area contributed by atoms with E-state index in [1.807, 2.05) is 121 Å². The molecule has 12 rings (SSSR count). The molecule has 0 atom stereocenters. The van der Waals surface area contributed by atoms with Crippen molar-refractivity contribution in [3.63, 3.8) is 0 Å². The number of benzene rings is 8. The zero-order chi connectivity index (χ0) is 43.8. The Morgan fingerprint density at radius 3 is 1.41 bits per heavy atom. The van der Waals surface area contributed by atoms with Gasteiger partial charge in [-0.25, -0.2) is 19.2 Å². The normalized spacial score (nSPS) is 12.1. The Hall–Kier alpha value is -8.36. The van der Waals surface area contributed by atoms with Crippen LogP contribution in [0.15, 0.2) is 121 Å². The molecule has 8 heteroatoms. The molecule has 306 valence electrons. The van der Waals surface area contributed by atoms with E-state index in [9.17, 15) is 19.2 Å². The Labute approximate surface area is 362 Å². The van der Waals surface area contributed by atoms with E-state index in [0.717, 1.165) is 60.0 Å². The van der Waals surface area contributed by atoms with Crippen LogP contribution in [-0.4, -0.2) is 50.3 Å². The van der Waals surface area contributed by atoms with Gasteiger partial charge in [-0.1, -0.05) is 140 Å². The number of carbonyl (C=O) groups is 4. The first-order valence-electron chi connectivity index (χ1n) is 20.1. The second-order valence-electron chi connectivity index (χ2n) is 15.0. The molecule has 63 heavy (non-hydrogen) atoms. The van der Waals surface area contributed by atoms with Gasteiger partial charge in [0.15, 0.2) is 0 Å². The minimum absolute atomic E-state index is 0.279. The summed E-state index contributed by atoms with van der Waals surface area (Å²) < 4.78 is 14.3. The average molecular weight is 827 g/mol. The smallest absolute Gasteiger partial charge is 0.338 e. The number of esters is 3. The van der Waals surface area contributed by atoms with Gasteiger partial charge in [-0.3, -0.25) is 0 Å². The number of carboxylic acids is 1. The Bertz CT molecular complexity index is 3360. The van der Waals surface area contributed by atoms with Gasteiger partial charge < -0.3 is 19.3 Å². The lowest BCUT2D eigenvalue weighted by Gasteiger charge is -2.06. The highest BCUT2D eigenvalue weighted by Crippen LogP contribution is 2.36.